The molecule has 0 aromatic heterocycles. The predicted octanol–water partition coefficient (Wildman–Crippen LogP) is 2.59. The van der Waals surface area contributed by atoms with Gasteiger partial charge in [-0.3, -0.25) is 9.79 Å². The van der Waals surface area contributed by atoms with E-state index in [1.165, 1.54) is 16.3 Å². The van der Waals surface area contributed by atoms with Crippen molar-refractivity contribution in [3.05, 3.63) is 82.4 Å². The molecule has 3 aromatic carbocycles. The number of carbonyl (C=O) groups excluding carboxylic acids is 1. The third-order valence-electron chi connectivity index (χ3n) is 4.80. The lowest BCUT2D eigenvalue weighted by atomic mass is 9.85. The van der Waals surface area contributed by atoms with Crippen LogP contribution in [0.1, 0.15) is 35.3 Å². The number of hydrogen-bond donors (Lipinski definition) is 3. The van der Waals surface area contributed by atoms with Crippen molar-refractivity contribution in [3.8, 4) is 0 Å². The number of rotatable bonds is 1. The fraction of sp³-hybridized carbons (Fsp3) is 0.182. The molecule has 0 saturated carbocycles. The van der Waals surface area contributed by atoms with Crippen molar-refractivity contribution in [1.82, 2.24) is 10.9 Å². The highest BCUT2D eigenvalue weighted by Gasteiger charge is 2.32. The first-order chi connectivity index (χ1) is 12.9. The number of amides is 1. The minimum absolute atomic E-state index is 0.134. The summed E-state index contributed by atoms with van der Waals surface area (Å²) in [5.41, 5.74) is 8.63. The molecule has 0 unspecified atom stereocenters. The van der Waals surface area contributed by atoms with E-state index < -0.39 is 0 Å². The van der Waals surface area contributed by atoms with Crippen LogP contribution in [0.3, 0.4) is 0 Å². The molecule has 0 radical (unpaired) electrons. The van der Waals surface area contributed by atoms with Crippen LogP contribution in [0.25, 0.3) is 10.8 Å². The van der Waals surface area contributed by atoms with Gasteiger partial charge in [0.1, 0.15) is 5.54 Å². The summed E-state index contributed by atoms with van der Waals surface area (Å²) in [6, 6.07) is 19.4. The van der Waals surface area contributed by atoms with Gasteiger partial charge >= 0.3 is 0 Å². The molecule has 0 fully saturated rings. The molecule has 1 heterocycles. The molecule has 5 heteroatoms. The SMILES string of the molecule is CC1(C)Cc2c(ccc3ccccc23)C(NNC(=O)c2ccc(Cl)cc2)=[NH+]1. The van der Waals surface area contributed by atoms with E-state index in [9.17, 15) is 4.79 Å². The van der Waals surface area contributed by atoms with Crippen LogP contribution in [-0.2, 0) is 6.42 Å². The molecule has 4 rings (SSSR count). The number of amidine groups is 1. The molecular weight excluding hydrogens is 358 g/mol. The zero-order valence-electron chi connectivity index (χ0n) is 15.3. The number of nitrogens with one attached hydrogen (secondary N) is 3. The average molecular weight is 379 g/mol. The number of benzene rings is 3. The summed E-state index contributed by atoms with van der Waals surface area (Å²) in [6.45, 7) is 4.31. The summed E-state index contributed by atoms with van der Waals surface area (Å²) < 4.78 is 0. The molecule has 3 N–H and O–H groups in total. The predicted molar refractivity (Wildman–Crippen MR) is 109 cm³/mol. The van der Waals surface area contributed by atoms with E-state index in [4.69, 9.17) is 11.6 Å². The van der Waals surface area contributed by atoms with Gasteiger partial charge in [0.25, 0.3) is 11.7 Å². The standard InChI is InChI=1S/C22H20ClN3O/c1-22(2)13-19-17-6-4-3-5-14(17)9-12-18(19)20(24-22)25-26-21(27)15-7-10-16(23)11-8-15/h3-12H,13H2,1-2H3,(H,24,25)(H,26,27)/p+1. The fourth-order valence-electron chi connectivity index (χ4n) is 3.54. The fourth-order valence-corrected chi connectivity index (χ4v) is 3.67. The van der Waals surface area contributed by atoms with Gasteiger partial charge in [0.15, 0.2) is 0 Å². The van der Waals surface area contributed by atoms with E-state index in [2.05, 4.69) is 66.1 Å². The topological polar surface area (TPSA) is 55.1 Å². The maximum Gasteiger partial charge on any atom is 0.299 e. The quantitative estimate of drug-likeness (QED) is 0.570. The van der Waals surface area contributed by atoms with Crippen LogP contribution < -0.4 is 15.8 Å². The Bertz CT molecular complexity index is 1050. The molecule has 3 aromatic rings. The Balaban J connectivity index is 1.64. The maximum atomic E-state index is 12.4. The Labute approximate surface area is 163 Å². The second-order valence-corrected chi connectivity index (χ2v) is 7.90. The molecule has 4 nitrogen and oxygen atoms in total. The Hall–Kier alpha value is -2.85. The lowest BCUT2D eigenvalue weighted by Gasteiger charge is -2.26. The Morgan fingerprint density at radius 3 is 2.56 bits per heavy atom. The molecule has 0 saturated heterocycles. The van der Waals surface area contributed by atoms with Gasteiger partial charge in [-0.05, 0) is 60.5 Å². The van der Waals surface area contributed by atoms with E-state index in [1.54, 1.807) is 24.3 Å². The molecule has 1 aliphatic rings. The molecule has 0 bridgehead atoms. The summed E-state index contributed by atoms with van der Waals surface area (Å²) in [4.78, 5) is 15.9. The molecule has 1 aliphatic heterocycles. The van der Waals surface area contributed by atoms with E-state index in [-0.39, 0.29) is 11.4 Å². The lowest BCUT2D eigenvalue weighted by molar-refractivity contribution is -0.547. The number of hydrazine groups is 1. The smallest absolute Gasteiger partial charge is 0.267 e. The van der Waals surface area contributed by atoms with Gasteiger partial charge in [-0.15, -0.1) is 0 Å². The van der Waals surface area contributed by atoms with E-state index in [0.717, 1.165) is 17.8 Å². The van der Waals surface area contributed by atoms with Crippen LogP contribution >= 0.6 is 11.6 Å². The first kappa shape index (κ1) is 17.6. The third kappa shape index (κ3) is 3.53. The molecule has 1 amide bonds. The van der Waals surface area contributed by atoms with Crippen LogP contribution in [0.2, 0.25) is 5.02 Å². The third-order valence-corrected chi connectivity index (χ3v) is 5.05. The molecular formula is C22H21ClN3O+. The van der Waals surface area contributed by atoms with Gasteiger partial charge < -0.3 is 0 Å². The molecule has 0 atom stereocenters. The van der Waals surface area contributed by atoms with Crippen LogP contribution in [0.4, 0.5) is 0 Å². The summed E-state index contributed by atoms with van der Waals surface area (Å²) in [5, 5.41) is 3.07. The molecule has 0 aliphatic carbocycles. The zero-order chi connectivity index (χ0) is 19.0. The zero-order valence-corrected chi connectivity index (χ0v) is 16.0. The largest absolute Gasteiger partial charge is 0.299 e. The van der Waals surface area contributed by atoms with Crippen LogP contribution in [0.5, 0.6) is 0 Å². The first-order valence-corrected chi connectivity index (χ1v) is 9.29. The number of fused-ring (bicyclic) bond motifs is 3. The molecule has 0 spiro atoms. The minimum atomic E-state index is -0.216. The van der Waals surface area contributed by atoms with Crippen molar-refractivity contribution in [2.75, 3.05) is 0 Å². The van der Waals surface area contributed by atoms with Gasteiger partial charge in [0.05, 0.1) is 5.56 Å². The van der Waals surface area contributed by atoms with Gasteiger partial charge in [-0.1, -0.05) is 41.9 Å². The highest BCUT2D eigenvalue weighted by molar-refractivity contribution is 6.30. The van der Waals surface area contributed by atoms with Gasteiger partial charge in [-0.25, -0.2) is 0 Å². The minimum Gasteiger partial charge on any atom is -0.267 e. The van der Waals surface area contributed by atoms with Crippen molar-refractivity contribution < 1.29 is 9.79 Å². The van der Waals surface area contributed by atoms with Gasteiger partial charge in [0.2, 0.25) is 0 Å². The van der Waals surface area contributed by atoms with Crippen LogP contribution in [0.15, 0.2) is 60.7 Å². The van der Waals surface area contributed by atoms with E-state index in [1.807, 2.05) is 0 Å². The maximum absolute atomic E-state index is 12.4. The summed E-state index contributed by atoms with van der Waals surface area (Å²) in [5.74, 6) is 0.584. The molecule has 27 heavy (non-hydrogen) atoms. The van der Waals surface area contributed by atoms with Crippen LogP contribution in [-0.4, -0.2) is 17.3 Å². The second kappa shape index (κ2) is 6.71. The van der Waals surface area contributed by atoms with Crippen molar-refractivity contribution in [3.63, 3.8) is 0 Å². The average Bonchev–Trinajstić information content (AvgIpc) is 2.65. The number of hydrogen-bond acceptors (Lipinski definition) is 2. The van der Waals surface area contributed by atoms with E-state index in [0.29, 0.717) is 10.6 Å². The summed E-state index contributed by atoms with van der Waals surface area (Å²) in [7, 11) is 0. The van der Waals surface area contributed by atoms with E-state index >= 15 is 0 Å². The van der Waals surface area contributed by atoms with Crippen molar-refractivity contribution >= 4 is 34.1 Å². The monoisotopic (exact) mass is 378 g/mol. The lowest BCUT2D eigenvalue weighted by Crippen LogP contribution is -2.90. The van der Waals surface area contributed by atoms with Crippen LogP contribution in [0, 0.1) is 0 Å². The highest BCUT2D eigenvalue weighted by Crippen LogP contribution is 2.26. The van der Waals surface area contributed by atoms with Gasteiger partial charge in [0, 0.05) is 17.0 Å². The summed E-state index contributed by atoms with van der Waals surface area (Å²) in [6.07, 6.45) is 0.903. The number of halogens is 1. The second-order valence-electron chi connectivity index (χ2n) is 7.46. The Morgan fingerprint density at radius 1 is 1.04 bits per heavy atom. The van der Waals surface area contributed by atoms with Crippen molar-refractivity contribution in [2.24, 2.45) is 0 Å². The first-order valence-electron chi connectivity index (χ1n) is 8.91. The van der Waals surface area contributed by atoms with Crippen molar-refractivity contribution in [2.45, 2.75) is 25.8 Å². The molecule has 136 valence electrons. The van der Waals surface area contributed by atoms with Crippen molar-refractivity contribution in [1.29, 1.82) is 0 Å². The Kier molecular flexibility index (Phi) is 4.36. The van der Waals surface area contributed by atoms with Gasteiger partial charge in [-0.2, -0.15) is 10.9 Å². The highest BCUT2D eigenvalue weighted by atomic mass is 35.5. The summed E-state index contributed by atoms with van der Waals surface area (Å²) >= 11 is 5.89. The number of carbonyl (C=O) groups is 1. The Morgan fingerprint density at radius 2 is 1.78 bits per heavy atom. The normalized spacial score (nSPS) is 15.0.